The van der Waals surface area contributed by atoms with Gasteiger partial charge in [0.05, 0.1) is 55.5 Å². The third-order valence-corrected chi connectivity index (χ3v) is 28.9. The van der Waals surface area contributed by atoms with Crippen LogP contribution in [0.15, 0.2) is 564 Å². The molecule has 0 aliphatic rings. The zero-order chi connectivity index (χ0) is 99.3. The molecule has 22 aromatic carbocycles. The Hall–Kier alpha value is -20.3. The Labute approximate surface area is 867 Å². The van der Waals surface area contributed by atoms with Gasteiger partial charge in [0.15, 0.2) is 11.6 Å². The number of nitrogens with zero attached hydrogens (tertiary/aromatic N) is 11. The second-order valence-electron chi connectivity index (χ2n) is 37.9. The summed E-state index contributed by atoms with van der Waals surface area (Å²) in [6, 6.07) is 201. The zero-order valence-electron chi connectivity index (χ0n) is 81.6. The molecule has 28 aromatic rings. The van der Waals surface area contributed by atoms with E-state index < -0.39 is 0 Å². The van der Waals surface area contributed by atoms with Crippen LogP contribution in [0.4, 0.5) is 34.1 Å². The van der Waals surface area contributed by atoms with Gasteiger partial charge in [-0.2, -0.15) is 9.97 Å². The van der Waals surface area contributed by atoms with Gasteiger partial charge in [0.25, 0.3) is 0 Å². The van der Waals surface area contributed by atoms with Crippen molar-refractivity contribution in [3.63, 3.8) is 0 Å². The summed E-state index contributed by atoms with van der Waals surface area (Å²) in [4.78, 5) is 30.8. The molecule has 28 rings (SSSR count). The maximum absolute atomic E-state index is 5.34. The molecule has 0 radical (unpaired) electrons. The van der Waals surface area contributed by atoms with Gasteiger partial charge >= 0.3 is 0 Å². The zero-order valence-corrected chi connectivity index (χ0v) is 81.6. The van der Waals surface area contributed by atoms with Gasteiger partial charge in [-0.3, -0.25) is 9.13 Å². The highest BCUT2D eigenvalue weighted by Crippen LogP contribution is 2.47. The summed E-state index contributed by atoms with van der Waals surface area (Å²) in [6.07, 6.45) is 0. The highest BCUT2D eigenvalue weighted by molar-refractivity contribution is 6.17. The van der Waals surface area contributed by atoms with Gasteiger partial charge in [-0.15, -0.1) is 0 Å². The molecule has 11 nitrogen and oxygen atoms in total. The van der Waals surface area contributed by atoms with E-state index in [1.807, 2.05) is 48.5 Å². The number of hydrogen-bond acceptors (Lipinski definition) is 7. The molecule has 0 aliphatic heterocycles. The lowest BCUT2D eigenvalue weighted by Crippen LogP contribution is -2.09. The van der Waals surface area contributed by atoms with Crippen LogP contribution in [0, 0.1) is 0 Å². The molecule has 11 heteroatoms. The molecule has 6 aromatic heterocycles. The average Bonchev–Trinajstić information content (AvgIpc) is 1.58. The molecular weight excluding hydrogens is 1820 g/mol. The summed E-state index contributed by atoms with van der Waals surface area (Å²) >= 11 is 0. The first-order valence-electron chi connectivity index (χ1n) is 50.8. The fraction of sp³-hybridized carbons (Fsp3) is 0. The van der Waals surface area contributed by atoms with Crippen LogP contribution in [0.25, 0.3) is 223 Å². The van der Waals surface area contributed by atoms with Crippen LogP contribution >= 0.6 is 0 Å². The number of benzene rings is 22. The van der Waals surface area contributed by atoms with Crippen LogP contribution in [-0.2, 0) is 0 Å². The molecule has 6 heterocycles. The fourth-order valence-electron chi connectivity index (χ4n) is 21.7. The number of para-hydroxylation sites is 4. The number of rotatable bonds is 20. The molecule has 704 valence electrons. The summed E-state index contributed by atoms with van der Waals surface area (Å²) in [6.45, 7) is 0. The predicted molar refractivity (Wildman–Crippen MR) is 623 cm³/mol. The van der Waals surface area contributed by atoms with Crippen molar-refractivity contribution >= 4 is 121 Å². The van der Waals surface area contributed by atoms with Crippen molar-refractivity contribution in [1.82, 2.24) is 43.2 Å². The molecule has 0 fully saturated rings. The molecule has 0 unspecified atom stereocenters. The standard InChI is InChI=1S/C70H47N5.C69H46N6/c1-7-19-48(20-8-1)52-31-39-66-60(43-52)61-45-54(33-40-67(61)74(66)59-37-35-58(36-38-59)73(56-27-15-5-16-28-56)57-29-17-6-18-30-57)55-34-42-69-63(46-55)62-44-53(49-21-9-2-10-22-49)32-41-68(62)75(69)70-71-64(50-23-11-3-12-24-50)47-65(72-70)51-25-13-4-14-26-51;1-7-19-47(20-8-1)51-31-39-63-59(43-51)60-45-53(33-40-64(60)74(63)58-37-35-57(36-38-58)73(55-27-15-5-16-28-55)56-29-17-6-18-30-56)54-34-42-66-62(46-54)61-44-52(48-21-9-2-10-22-48)32-41-65(61)75(66)69-71-67(49-23-11-3-12-24-49)70-68(72-69)50-25-13-4-14-26-50/h1-47H;1-46H. The van der Waals surface area contributed by atoms with Crippen LogP contribution in [0.2, 0.25) is 0 Å². The number of anilines is 6. The molecule has 150 heavy (non-hydrogen) atoms. The van der Waals surface area contributed by atoms with Crippen molar-refractivity contribution in [3.8, 4) is 135 Å². The van der Waals surface area contributed by atoms with E-state index in [1.54, 1.807) is 0 Å². The van der Waals surface area contributed by atoms with Crippen molar-refractivity contribution in [2.24, 2.45) is 0 Å². The van der Waals surface area contributed by atoms with Crippen molar-refractivity contribution in [1.29, 1.82) is 0 Å². The quantitative estimate of drug-likeness (QED) is 0.0751. The largest absolute Gasteiger partial charge is 0.311 e. The van der Waals surface area contributed by atoms with Crippen molar-refractivity contribution in [2.75, 3.05) is 9.80 Å². The second kappa shape index (κ2) is 38.4. The molecule has 0 saturated carbocycles. The highest BCUT2D eigenvalue weighted by Gasteiger charge is 2.27. The van der Waals surface area contributed by atoms with E-state index in [0.717, 1.165) is 184 Å². The summed E-state index contributed by atoms with van der Waals surface area (Å²) in [5, 5.41) is 9.24. The van der Waals surface area contributed by atoms with E-state index in [9.17, 15) is 0 Å². The summed E-state index contributed by atoms with van der Waals surface area (Å²) in [5.74, 6) is 2.42. The fourth-order valence-corrected chi connectivity index (χ4v) is 21.7. The van der Waals surface area contributed by atoms with Gasteiger partial charge in [-0.25, -0.2) is 15.0 Å². The van der Waals surface area contributed by atoms with E-state index in [-0.39, 0.29) is 0 Å². The minimum absolute atomic E-state index is 0.562. The smallest absolute Gasteiger partial charge is 0.238 e. The molecule has 0 saturated heterocycles. The molecule has 0 spiro atoms. The van der Waals surface area contributed by atoms with E-state index >= 15 is 0 Å². The third-order valence-electron chi connectivity index (χ3n) is 28.9. The van der Waals surface area contributed by atoms with Crippen LogP contribution in [0.3, 0.4) is 0 Å². The molecule has 0 atom stereocenters. The second-order valence-corrected chi connectivity index (χ2v) is 37.9. The van der Waals surface area contributed by atoms with Crippen LogP contribution in [-0.4, -0.2) is 43.2 Å². The number of aromatic nitrogens is 9. The van der Waals surface area contributed by atoms with E-state index in [4.69, 9.17) is 24.9 Å². The van der Waals surface area contributed by atoms with Gasteiger partial charge in [0.2, 0.25) is 11.9 Å². The minimum Gasteiger partial charge on any atom is -0.311 e. The van der Waals surface area contributed by atoms with Gasteiger partial charge in [-0.1, -0.05) is 364 Å². The molecule has 0 N–H and O–H groups in total. The average molecular weight is 1920 g/mol. The third kappa shape index (κ3) is 16.6. The van der Waals surface area contributed by atoms with E-state index in [2.05, 4.69) is 544 Å². The van der Waals surface area contributed by atoms with E-state index in [1.165, 1.54) is 49.4 Å². The van der Waals surface area contributed by atoms with E-state index in [0.29, 0.717) is 23.5 Å². The molecule has 0 bridgehead atoms. The Morgan fingerprint density at radius 1 is 0.127 bits per heavy atom. The van der Waals surface area contributed by atoms with Crippen molar-refractivity contribution in [2.45, 2.75) is 0 Å². The maximum Gasteiger partial charge on any atom is 0.238 e. The Bertz CT molecular complexity index is 9100. The Kier molecular flexibility index (Phi) is 22.7. The Morgan fingerprint density at radius 3 is 0.533 bits per heavy atom. The summed E-state index contributed by atoms with van der Waals surface area (Å²) in [5.41, 5.74) is 37.0. The van der Waals surface area contributed by atoms with Gasteiger partial charge in [-0.05, 0) is 267 Å². The molecule has 0 aliphatic carbocycles. The first kappa shape index (κ1) is 88.6. The van der Waals surface area contributed by atoms with Crippen LogP contribution < -0.4 is 9.80 Å². The van der Waals surface area contributed by atoms with Crippen molar-refractivity contribution in [3.05, 3.63) is 564 Å². The van der Waals surface area contributed by atoms with Gasteiger partial charge in [0, 0.05) is 111 Å². The lowest BCUT2D eigenvalue weighted by atomic mass is 9.98. The maximum atomic E-state index is 5.34. The summed E-state index contributed by atoms with van der Waals surface area (Å²) < 4.78 is 9.27. The normalized spacial score (nSPS) is 11.5. The molecular formula is C139H93N11. The summed E-state index contributed by atoms with van der Waals surface area (Å²) in [7, 11) is 0. The minimum atomic E-state index is 0.562. The first-order chi connectivity index (χ1) is 74.4. The SMILES string of the molecule is c1ccc(-c2ccc3c(c2)c2cc(-c4ccc5c(c4)c4cc(-c6ccccc6)ccc4n5-c4nc(-c5ccccc5)cc(-c5ccccc5)n4)ccc2n3-c2ccc(N(c3ccccc3)c3ccccc3)cc2)cc1.c1ccc(-c2ccc3c(c2)c2cc(-c4ccc5c(c4)c4cc(-c6ccccc6)ccc4n5-c4nc(-c5ccccc5)nc(-c5ccccc5)n4)ccc2n3-c2ccc(N(c3ccccc3)c3ccccc3)cc2)cc1. The van der Waals surface area contributed by atoms with Gasteiger partial charge < -0.3 is 18.9 Å². The highest BCUT2D eigenvalue weighted by atomic mass is 15.2. The van der Waals surface area contributed by atoms with Crippen LogP contribution in [0.1, 0.15) is 0 Å². The lowest BCUT2D eigenvalue weighted by molar-refractivity contribution is 0.953. The Balaban J connectivity index is 0.000000148. The monoisotopic (exact) mass is 1920 g/mol. The number of fused-ring (bicyclic) bond motifs is 12. The predicted octanol–water partition coefficient (Wildman–Crippen LogP) is 36.3. The Morgan fingerprint density at radius 2 is 0.307 bits per heavy atom. The lowest BCUT2D eigenvalue weighted by Gasteiger charge is -2.25. The van der Waals surface area contributed by atoms with Crippen molar-refractivity contribution < 1.29 is 0 Å². The molecule has 0 amide bonds. The van der Waals surface area contributed by atoms with Crippen LogP contribution in [0.5, 0.6) is 0 Å². The topological polar surface area (TPSA) is 90.6 Å². The first-order valence-corrected chi connectivity index (χ1v) is 50.8. The number of hydrogen-bond donors (Lipinski definition) is 0. The van der Waals surface area contributed by atoms with Gasteiger partial charge in [0.1, 0.15) is 0 Å².